The van der Waals surface area contributed by atoms with Crippen molar-refractivity contribution in [2.75, 3.05) is 29.9 Å². The molecule has 2 aromatic carbocycles. The molecule has 6 nitrogen and oxygen atoms in total. The smallest absolute Gasteiger partial charge is 0.294 e. The topological polar surface area (TPSA) is 69.7 Å². The molecule has 31 heavy (non-hydrogen) atoms. The summed E-state index contributed by atoms with van der Waals surface area (Å²) in [6, 6.07) is 11.8. The van der Waals surface area contributed by atoms with Crippen LogP contribution in [0.2, 0.25) is 0 Å². The molecule has 0 bridgehead atoms. The molecule has 0 atom stereocenters. The summed E-state index contributed by atoms with van der Waals surface area (Å²) in [5.41, 5.74) is 3.02. The van der Waals surface area contributed by atoms with E-state index in [4.69, 9.17) is 0 Å². The molecule has 0 aliphatic carbocycles. The molecule has 0 aromatic heterocycles. The van der Waals surface area contributed by atoms with Gasteiger partial charge in [0.25, 0.3) is 11.1 Å². The van der Waals surface area contributed by atoms with Crippen molar-refractivity contribution in [3.63, 3.8) is 0 Å². The first kappa shape index (κ1) is 21.1. The van der Waals surface area contributed by atoms with Crippen LogP contribution in [0.3, 0.4) is 0 Å². The molecule has 0 spiro atoms. The van der Waals surface area contributed by atoms with Crippen LogP contribution in [0.4, 0.5) is 20.6 Å². The minimum absolute atomic E-state index is 0.00345. The fourth-order valence-corrected chi connectivity index (χ4v) is 4.50. The predicted octanol–water partition coefficient (Wildman–Crippen LogP) is 4.41. The normalized spacial score (nSPS) is 17.7. The number of rotatable bonds is 5. The molecule has 160 valence electrons. The van der Waals surface area contributed by atoms with Gasteiger partial charge in [0, 0.05) is 18.8 Å². The molecule has 0 saturated carbocycles. The Hall–Kier alpha value is -3.13. The number of halogens is 1. The van der Waals surface area contributed by atoms with Crippen molar-refractivity contribution in [1.82, 2.24) is 4.90 Å². The fraction of sp³-hybridized carbons (Fsp3) is 0.261. The van der Waals surface area contributed by atoms with Gasteiger partial charge in [-0.15, -0.1) is 0 Å². The minimum Gasteiger partial charge on any atom is -0.372 e. The minimum atomic E-state index is -0.639. The lowest BCUT2D eigenvalue weighted by Gasteiger charge is -2.18. The summed E-state index contributed by atoms with van der Waals surface area (Å²) in [7, 11) is 0. The Balaban J connectivity index is 1.45. The number of hydrogen-bond acceptors (Lipinski definition) is 5. The first-order chi connectivity index (χ1) is 14.9. The van der Waals surface area contributed by atoms with Gasteiger partial charge in [-0.1, -0.05) is 18.2 Å². The van der Waals surface area contributed by atoms with Gasteiger partial charge >= 0.3 is 0 Å². The van der Waals surface area contributed by atoms with Crippen LogP contribution in [0.15, 0.2) is 47.4 Å². The Morgan fingerprint density at radius 1 is 1.16 bits per heavy atom. The van der Waals surface area contributed by atoms with Gasteiger partial charge in [-0.25, -0.2) is 4.39 Å². The van der Waals surface area contributed by atoms with Crippen LogP contribution < -0.4 is 10.2 Å². The average molecular weight is 440 g/mol. The molecule has 0 unspecified atom stereocenters. The van der Waals surface area contributed by atoms with Crippen LogP contribution >= 0.6 is 11.8 Å². The van der Waals surface area contributed by atoms with E-state index >= 15 is 0 Å². The molecule has 2 aliphatic rings. The monoisotopic (exact) mass is 439 g/mol. The summed E-state index contributed by atoms with van der Waals surface area (Å²) in [4.78, 5) is 40.7. The first-order valence-electron chi connectivity index (χ1n) is 10.1. The van der Waals surface area contributed by atoms with Gasteiger partial charge in [0.05, 0.1) is 10.6 Å². The Bertz CT molecular complexity index is 1080. The van der Waals surface area contributed by atoms with Gasteiger partial charge in [-0.05, 0) is 73.0 Å². The van der Waals surface area contributed by atoms with Gasteiger partial charge in [-0.2, -0.15) is 0 Å². The van der Waals surface area contributed by atoms with Crippen LogP contribution in [-0.2, 0) is 9.59 Å². The van der Waals surface area contributed by atoms with E-state index in [9.17, 15) is 18.8 Å². The highest BCUT2D eigenvalue weighted by Crippen LogP contribution is 2.33. The maximum Gasteiger partial charge on any atom is 0.294 e. The number of benzene rings is 2. The third-order valence-corrected chi connectivity index (χ3v) is 6.24. The maximum absolute atomic E-state index is 13.7. The number of amides is 3. The highest BCUT2D eigenvalue weighted by molar-refractivity contribution is 8.18. The van der Waals surface area contributed by atoms with E-state index in [1.54, 1.807) is 12.1 Å². The van der Waals surface area contributed by atoms with Gasteiger partial charge < -0.3 is 10.2 Å². The van der Waals surface area contributed by atoms with Crippen molar-refractivity contribution in [3.05, 3.63) is 64.3 Å². The number of hydrogen-bond donors (Lipinski definition) is 1. The Morgan fingerprint density at radius 3 is 2.61 bits per heavy atom. The molecule has 0 radical (unpaired) electrons. The second kappa shape index (κ2) is 8.93. The van der Waals surface area contributed by atoms with Gasteiger partial charge in [0.1, 0.15) is 12.4 Å². The largest absolute Gasteiger partial charge is 0.372 e. The lowest BCUT2D eigenvalue weighted by molar-refractivity contribution is -0.127. The molecule has 3 amide bonds. The molecule has 8 heteroatoms. The van der Waals surface area contributed by atoms with Crippen molar-refractivity contribution in [1.29, 1.82) is 0 Å². The van der Waals surface area contributed by atoms with E-state index in [2.05, 4.69) is 16.3 Å². The quantitative estimate of drug-likeness (QED) is 0.699. The Labute approximate surface area is 184 Å². The first-order valence-corrected chi connectivity index (χ1v) is 10.9. The number of imide groups is 1. The third-order valence-electron chi connectivity index (χ3n) is 5.33. The van der Waals surface area contributed by atoms with Crippen LogP contribution in [0, 0.1) is 12.7 Å². The van der Waals surface area contributed by atoms with Gasteiger partial charge in [0.2, 0.25) is 5.91 Å². The molecule has 4 rings (SSSR count). The summed E-state index contributed by atoms with van der Waals surface area (Å²) in [5.74, 6) is -1.75. The van der Waals surface area contributed by atoms with E-state index in [-0.39, 0.29) is 10.6 Å². The number of nitrogens with one attached hydrogen (secondary N) is 1. The SMILES string of the molecule is Cc1cc(N2CCCC2)ccc1/C=C1\SC(=O)N(CC(=O)Nc2ccccc2F)C1=O. The van der Waals surface area contributed by atoms with Crippen LogP contribution in [0.1, 0.15) is 24.0 Å². The average Bonchev–Trinajstić information content (AvgIpc) is 3.36. The summed E-state index contributed by atoms with van der Waals surface area (Å²) in [6.45, 7) is 3.60. The zero-order chi connectivity index (χ0) is 22.0. The van der Waals surface area contributed by atoms with Crippen molar-refractivity contribution in [3.8, 4) is 0 Å². The predicted molar refractivity (Wildman–Crippen MR) is 120 cm³/mol. The molecule has 2 fully saturated rings. The Morgan fingerprint density at radius 2 is 1.90 bits per heavy atom. The lowest BCUT2D eigenvalue weighted by Crippen LogP contribution is -2.36. The van der Waals surface area contributed by atoms with E-state index in [1.807, 2.05) is 19.1 Å². The van der Waals surface area contributed by atoms with Gasteiger partial charge in [-0.3, -0.25) is 19.3 Å². The summed E-state index contributed by atoms with van der Waals surface area (Å²) in [6.07, 6.45) is 4.07. The second-order valence-corrected chi connectivity index (χ2v) is 8.52. The van der Waals surface area contributed by atoms with Crippen molar-refractivity contribution in [2.45, 2.75) is 19.8 Å². The third kappa shape index (κ3) is 4.64. The second-order valence-electron chi connectivity index (χ2n) is 7.53. The fourth-order valence-electron chi connectivity index (χ4n) is 3.67. The molecule has 2 heterocycles. The molecule has 2 aromatic rings. The van der Waals surface area contributed by atoms with Crippen LogP contribution in [0.25, 0.3) is 6.08 Å². The van der Waals surface area contributed by atoms with Crippen molar-refractivity contribution < 1.29 is 18.8 Å². The zero-order valence-electron chi connectivity index (χ0n) is 17.1. The van der Waals surface area contributed by atoms with E-state index < -0.39 is 29.4 Å². The van der Waals surface area contributed by atoms with E-state index in [1.165, 1.54) is 31.0 Å². The number of carbonyl (C=O) groups excluding carboxylic acids is 3. The van der Waals surface area contributed by atoms with Crippen molar-refractivity contribution in [2.24, 2.45) is 0 Å². The summed E-state index contributed by atoms with van der Waals surface area (Å²) < 4.78 is 13.7. The van der Waals surface area contributed by atoms with E-state index in [0.29, 0.717) is 0 Å². The van der Waals surface area contributed by atoms with Crippen LogP contribution in [0.5, 0.6) is 0 Å². The number of para-hydroxylation sites is 1. The number of nitrogens with zero attached hydrogens (tertiary/aromatic N) is 2. The molecule has 2 aliphatic heterocycles. The molecular weight excluding hydrogens is 417 g/mol. The highest BCUT2D eigenvalue weighted by atomic mass is 32.2. The maximum atomic E-state index is 13.7. The Kier molecular flexibility index (Phi) is 6.08. The number of anilines is 2. The number of aryl methyl sites for hydroxylation is 1. The highest BCUT2D eigenvalue weighted by Gasteiger charge is 2.36. The molecule has 2 saturated heterocycles. The summed E-state index contributed by atoms with van der Waals surface area (Å²) >= 11 is 0.800. The molecule has 1 N–H and O–H groups in total. The lowest BCUT2D eigenvalue weighted by atomic mass is 10.1. The zero-order valence-corrected chi connectivity index (χ0v) is 17.9. The standard InChI is InChI=1S/C23H22FN3O3S/c1-15-12-17(26-10-4-5-11-26)9-8-16(15)13-20-22(29)27(23(30)31-20)14-21(28)25-19-7-3-2-6-18(19)24/h2-3,6-9,12-13H,4-5,10-11,14H2,1H3,(H,25,28)/b20-13-. The number of thioether (sulfide) groups is 1. The number of carbonyl (C=O) groups is 3. The van der Waals surface area contributed by atoms with Gasteiger partial charge in [0.15, 0.2) is 0 Å². The summed E-state index contributed by atoms with van der Waals surface area (Å²) in [5, 5.41) is 1.87. The van der Waals surface area contributed by atoms with Crippen LogP contribution in [-0.4, -0.2) is 41.6 Å². The van der Waals surface area contributed by atoms with Crippen molar-refractivity contribution >= 4 is 46.3 Å². The van der Waals surface area contributed by atoms with E-state index in [0.717, 1.165) is 46.6 Å². The molecular formula is C23H22FN3O3S.